The number of aryl methyl sites for hydroxylation is 1. The summed E-state index contributed by atoms with van der Waals surface area (Å²) in [7, 11) is 0. The number of benzene rings is 1. The number of urea groups is 1. The number of aromatic nitrogens is 2. The van der Waals surface area contributed by atoms with Crippen LogP contribution in [0, 0.1) is 6.92 Å². The first-order chi connectivity index (χ1) is 11.3. The molecule has 0 aliphatic carbocycles. The average Bonchev–Trinajstić information content (AvgIpc) is 2.52. The predicted molar refractivity (Wildman–Crippen MR) is 82.0 cm³/mol. The van der Waals surface area contributed by atoms with Gasteiger partial charge in [-0.1, -0.05) is 12.1 Å². The third kappa shape index (κ3) is 4.94. The third-order valence-electron chi connectivity index (χ3n) is 3.33. The lowest BCUT2D eigenvalue weighted by atomic mass is 10.1. The Morgan fingerprint density at radius 2 is 2.04 bits per heavy atom. The molecule has 0 bridgehead atoms. The molecule has 0 aliphatic rings. The molecule has 2 N–H and O–H groups in total. The molecule has 1 heterocycles. The van der Waals surface area contributed by atoms with Gasteiger partial charge in [0.25, 0.3) is 0 Å². The van der Waals surface area contributed by atoms with Gasteiger partial charge in [0, 0.05) is 6.20 Å². The molecule has 2 aromatic rings. The van der Waals surface area contributed by atoms with Crippen molar-refractivity contribution in [3.63, 3.8) is 0 Å². The first-order valence-corrected chi connectivity index (χ1v) is 7.26. The van der Waals surface area contributed by atoms with Crippen LogP contribution in [-0.4, -0.2) is 16.0 Å². The fourth-order valence-corrected chi connectivity index (χ4v) is 2.09. The maximum Gasteiger partial charge on any atom is 0.416 e. The lowest BCUT2D eigenvalue weighted by molar-refractivity contribution is -0.137. The van der Waals surface area contributed by atoms with Crippen molar-refractivity contribution in [2.45, 2.75) is 32.6 Å². The third-order valence-corrected chi connectivity index (χ3v) is 3.33. The summed E-state index contributed by atoms with van der Waals surface area (Å²) in [4.78, 5) is 20.0. The number of rotatable bonds is 4. The summed E-state index contributed by atoms with van der Waals surface area (Å²) in [5.41, 5.74) is 0.271. The number of nitrogens with zero attached hydrogens (tertiary/aromatic N) is 2. The summed E-state index contributed by atoms with van der Waals surface area (Å²) < 4.78 is 38.2. The Morgan fingerprint density at radius 3 is 2.71 bits per heavy atom. The van der Waals surface area contributed by atoms with Gasteiger partial charge in [-0.05, 0) is 37.6 Å². The number of carbonyl (C=O) groups excluding carboxylic acids is 1. The largest absolute Gasteiger partial charge is 0.416 e. The lowest BCUT2D eigenvalue weighted by Crippen LogP contribution is -2.36. The highest BCUT2D eigenvalue weighted by molar-refractivity contribution is 5.74. The van der Waals surface area contributed by atoms with E-state index in [0.29, 0.717) is 17.1 Å². The summed E-state index contributed by atoms with van der Waals surface area (Å²) in [6, 6.07) is 5.48. The van der Waals surface area contributed by atoms with Crippen molar-refractivity contribution < 1.29 is 18.0 Å². The number of halogens is 3. The van der Waals surface area contributed by atoms with Crippen molar-refractivity contribution >= 4 is 6.03 Å². The van der Waals surface area contributed by atoms with Crippen LogP contribution in [0.4, 0.5) is 18.0 Å². The minimum absolute atomic E-state index is 0.199. The van der Waals surface area contributed by atoms with Crippen molar-refractivity contribution in [3.8, 4) is 0 Å². The van der Waals surface area contributed by atoms with Crippen LogP contribution in [0.1, 0.15) is 35.6 Å². The number of carbonyl (C=O) groups is 1. The first-order valence-electron chi connectivity index (χ1n) is 7.26. The summed E-state index contributed by atoms with van der Waals surface area (Å²) in [5.74, 6) is 0.590. The van der Waals surface area contributed by atoms with Crippen molar-refractivity contribution in [3.05, 3.63) is 59.2 Å². The molecule has 2 amide bonds. The Balaban J connectivity index is 1.94. The molecular formula is C16H17F3N4O. The Labute approximate surface area is 137 Å². The quantitative estimate of drug-likeness (QED) is 0.898. The van der Waals surface area contributed by atoms with E-state index in [9.17, 15) is 18.0 Å². The summed E-state index contributed by atoms with van der Waals surface area (Å²) in [6.45, 7) is 3.55. The summed E-state index contributed by atoms with van der Waals surface area (Å²) >= 11 is 0. The van der Waals surface area contributed by atoms with E-state index in [1.165, 1.54) is 12.1 Å². The van der Waals surface area contributed by atoms with Gasteiger partial charge in [0.1, 0.15) is 5.82 Å². The van der Waals surface area contributed by atoms with Crippen LogP contribution in [-0.2, 0) is 12.7 Å². The maximum absolute atomic E-state index is 12.7. The van der Waals surface area contributed by atoms with Gasteiger partial charge in [0.2, 0.25) is 0 Å². The van der Waals surface area contributed by atoms with E-state index in [-0.39, 0.29) is 6.54 Å². The van der Waals surface area contributed by atoms with Gasteiger partial charge in [-0.2, -0.15) is 13.2 Å². The van der Waals surface area contributed by atoms with Crippen LogP contribution in [0.25, 0.3) is 0 Å². The maximum atomic E-state index is 12.7. The smallest absolute Gasteiger partial charge is 0.332 e. The molecule has 0 spiro atoms. The fourth-order valence-electron chi connectivity index (χ4n) is 2.09. The Bertz CT molecular complexity index is 718. The van der Waals surface area contributed by atoms with Gasteiger partial charge >= 0.3 is 12.2 Å². The first kappa shape index (κ1) is 17.7. The van der Waals surface area contributed by atoms with E-state index < -0.39 is 23.8 Å². The average molecular weight is 338 g/mol. The zero-order chi connectivity index (χ0) is 17.7. The molecular weight excluding hydrogens is 321 g/mol. The summed E-state index contributed by atoms with van der Waals surface area (Å²) in [5, 5.41) is 5.21. The zero-order valence-electron chi connectivity index (χ0n) is 13.2. The van der Waals surface area contributed by atoms with E-state index in [1.54, 1.807) is 26.1 Å². The highest BCUT2D eigenvalue weighted by Gasteiger charge is 2.30. The van der Waals surface area contributed by atoms with Crippen LogP contribution in [0.15, 0.2) is 36.5 Å². The predicted octanol–water partition coefficient (Wildman–Crippen LogP) is 3.36. The molecule has 0 fully saturated rings. The van der Waals surface area contributed by atoms with Crippen LogP contribution in [0.5, 0.6) is 0 Å². The molecule has 1 aromatic heterocycles. The van der Waals surface area contributed by atoms with E-state index in [0.717, 1.165) is 12.1 Å². The molecule has 24 heavy (non-hydrogen) atoms. The topological polar surface area (TPSA) is 66.9 Å². The number of alkyl halides is 3. The van der Waals surface area contributed by atoms with E-state index >= 15 is 0 Å². The zero-order valence-corrected chi connectivity index (χ0v) is 13.2. The molecule has 1 atom stereocenters. The van der Waals surface area contributed by atoms with E-state index in [4.69, 9.17) is 0 Å². The minimum Gasteiger partial charge on any atom is -0.332 e. The molecule has 0 aliphatic heterocycles. The van der Waals surface area contributed by atoms with Gasteiger partial charge in [0.05, 0.1) is 23.8 Å². The molecule has 8 heteroatoms. The molecule has 0 unspecified atom stereocenters. The van der Waals surface area contributed by atoms with E-state index in [2.05, 4.69) is 20.6 Å². The molecule has 0 saturated carbocycles. The normalized spacial score (nSPS) is 12.5. The lowest BCUT2D eigenvalue weighted by Gasteiger charge is -2.16. The van der Waals surface area contributed by atoms with Crippen molar-refractivity contribution in [1.82, 2.24) is 20.6 Å². The van der Waals surface area contributed by atoms with Gasteiger partial charge in [-0.15, -0.1) is 0 Å². The van der Waals surface area contributed by atoms with E-state index in [1.807, 2.05) is 0 Å². The highest BCUT2D eigenvalue weighted by atomic mass is 19.4. The second-order valence-corrected chi connectivity index (χ2v) is 5.27. The Morgan fingerprint density at radius 1 is 1.29 bits per heavy atom. The highest BCUT2D eigenvalue weighted by Crippen LogP contribution is 2.30. The minimum atomic E-state index is -4.41. The second kappa shape index (κ2) is 7.29. The SMILES string of the molecule is Cc1nccc(CNC(=O)N[C@H](C)c2cccc(C(F)(F)F)c2)n1. The number of hydrogen-bond acceptors (Lipinski definition) is 3. The molecule has 0 saturated heterocycles. The van der Waals surface area contributed by atoms with Gasteiger partial charge in [-0.3, -0.25) is 0 Å². The summed E-state index contributed by atoms with van der Waals surface area (Å²) in [6.07, 6.45) is -2.83. The second-order valence-electron chi connectivity index (χ2n) is 5.27. The van der Waals surface area contributed by atoms with Gasteiger partial charge in [0.15, 0.2) is 0 Å². The molecule has 5 nitrogen and oxygen atoms in total. The van der Waals surface area contributed by atoms with Crippen LogP contribution in [0.3, 0.4) is 0 Å². The fraction of sp³-hybridized carbons (Fsp3) is 0.312. The number of hydrogen-bond donors (Lipinski definition) is 2. The molecule has 1 aromatic carbocycles. The number of nitrogens with one attached hydrogen (secondary N) is 2. The van der Waals surface area contributed by atoms with Crippen molar-refractivity contribution in [1.29, 1.82) is 0 Å². The van der Waals surface area contributed by atoms with Crippen molar-refractivity contribution in [2.75, 3.05) is 0 Å². The van der Waals surface area contributed by atoms with Gasteiger partial charge in [-0.25, -0.2) is 14.8 Å². The molecule has 0 radical (unpaired) electrons. The molecule has 2 rings (SSSR count). The number of amides is 2. The van der Waals surface area contributed by atoms with Crippen LogP contribution in [0.2, 0.25) is 0 Å². The molecule has 128 valence electrons. The van der Waals surface area contributed by atoms with Gasteiger partial charge < -0.3 is 10.6 Å². The Hall–Kier alpha value is -2.64. The van der Waals surface area contributed by atoms with Crippen LogP contribution < -0.4 is 10.6 Å². The van der Waals surface area contributed by atoms with Crippen molar-refractivity contribution in [2.24, 2.45) is 0 Å². The monoisotopic (exact) mass is 338 g/mol. The van der Waals surface area contributed by atoms with Crippen LogP contribution >= 0.6 is 0 Å². The Kier molecular flexibility index (Phi) is 5.38. The standard InChI is InChI=1S/C16H17F3N4O/c1-10(12-4-3-5-13(8-12)16(17,18)19)22-15(24)21-9-14-6-7-20-11(2)23-14/h3-8,10H,9H2,1-2H3,(H2,21,22,24)/t10-/m1/s1.